The first-order valence-corrected chi connectivity index (χ1v) is 8.94. The Morgan fingerprint density at radius 3 is 2.43 bits per heavy atom. The van der Waals surface area contributed by atoms with E-state index in [9.17, 15) is 17.2 Å². The van der Waals surface area contributed by atoms with Gasteiger partial charge in [0.05, 0.1) is 17.3 Å². The van der Waals surface area contributed by atoms with Crippen LogP contribution in [0.2, 0.25) is 0 Å². The van der Waals surface area contributed by atoms with Gasteiger partial charge in [0.15, 0.2) is 21.4 Å². The molecule has 1 atom stereocenters. The number of hydrogen-bond acceptors (Lipinski definition) is 3. The Balaban J connectivity index is 1.96. The summed E-state index contributed by atoms with van der Waals surface area (Å²) >= 11 is 0. The molecule has 0 saturated heterocycles. The van der Waals surface area contributed by atoms with Crippen molar-refractivity contribution in [2.24, 2.45) is 0 Å². The minimum atomic E-state index is -3.59. The molecule has 23 heavy (non-hydrogen) atoms. The van der Waals surface area contributed by atoms with Gasteiger partial charge < -0.3 is 4.74 Å². The number of ether oxygens (including phenoxy) is 1. The predicted octanol–water partition coefficient (Wildman–Crippen LogP) is 3.61. The first-order valence-electron chi connectivity index (χ1n) is 7.28. The largest absolute Gasteiger partial charge is 0.490 e. The fourth-order valence-corrected chi connectivity index (χ4v) is 4.40. The maximum atomic E-state index is 14.1. The number of benzene rings is 2. The summed E-state index contributed by atoms with van der Waals surface area (Å²) in [6.45, 7) is 2.03. The Labute approximate surface area is 133 Å². The van der Waals surface area contributed by atoms with Crippen LogP contribution in [0.4, 0.5) is 8.78 Å². The van der Waals surface area contributed by atoms with E-state index >= 15 is 0 Å². The van der Waals surface area contributed by atoms with Crippen molar-refractivity contribution in [2.45, 2.75) is 24.2 Å². The van der Waals surface area contributed by atoms with Gasteiger partial charge in [-0.15, -0.1) is 0 Å². The summed E-state index contributed by atoms with van der Waals surface area (Å²) in [6, 6.07) is 8.50. The van der Waals surface area contributed by atoms with E-state index < -0.39 is 27.4 Å². The van der Waals surface area contributed by atoms with Gasteiger partial charge in [-0.2, -0.15) is 0 Å². The molecule has 0 saturated carbocycles. The van der Waals surface area contributed by atoms with Crippen molar-refractivity contribution in [3.63, 3.8) is 0 Å². The van der Waals surface area contributed by atoms with Crippen molar-refractivity contribution >= 4 is 9.84 Å². The Kier molecular flexibility index (Phi) is 4.10. The predicted molar refractivity (Wildman–Crippen MR) is 82.4 cm³/mol. The summed E-state index contributed by atoms with van der Waals surface area (Å²) in [5, 5.41) is 0. The quantitative estimate of drug-likeness (QED) is 0.859. The molecule has 1 aliphatic rings. The second-order valence-corrected chi connectivity index (χ2v) is 7.73. The molecule has 122 valence electrons. The molecular weight excluding hydrogens is 322 g/mol. The minimum Gasteiger partial charge on any atom is -0.490 e. The zero-order chi connectivity index (χ0) is 16.6. The van der Waals surface area contributed by atoms with Crippen LogP contribution in [-0.2, 0) is 9.84 Å². The van der Waals surface area contributed by atoms with Gasteiger partial charge in [0.1, 0.15) is 5.82 Å². The van der Waals surface area contributed by atoms with Crippen LogP contribution in [0.5, 0.6) is 5.75 Å². The molecule has 6 heteroatoms. The number of hydrogen-bond donors (Lipinski definition) is 0. The standard InChI is InChI=1S/C17H16F2O3S/c1-11-2-4-13(5-3-11)23(20,21)10-12-8-9-22-17-15(19)7-6-14(18)16(12)17/h2-7,12H,8-10H2,1H3. The van der Waals surface area contributed by atoms with E-state index in [4.69, 9.17) is 4.74 Å². The smallest absolute Gasteiger partial charge is 0.178 e. The first kappa shape index (κ1) is 15.9. The van der Waals surface area contributed by atoms with Gasteiger partial charge in [-0.05, 0) is 37.6 Å². The zero-order valence-electron chi connectivity index (χ0n) is 12.6. The highest BCUT2D eigenvalue weighted by Gasteiger charge is 2.32. The maximum Gasteiger partial charge on any atom is 0.178 e. The number of halogens is 2. The summed E-state index contributed by atoms with van der Waals surface area (Å²) in [4.78, 5) is 0.188. The van der Waals surface area contributed by atoms with Gasteiger partial charge in [-0.25, -0.2) is 17.2 Å². The lowest BCUT2D eigenvalue weighted by atomic mass is 9.94. The molecule has 2 aromatic rings. The lowest BCUT2D eigenvalue weighted by Gasteiger charge is -2.26. The molecule has 1 heterocycles. The van der Waals surface area contributed by atoms with Gasteiger partial charge in [-0.3, -0.25) is 0 Å². The molecule has 2 aromatic carbocycles. The van der Waals surface area contributed by atoms with Crippen molar-refractivity contribution in [3.05, 3.63) is 59.2 Å². The van der Waals surface area contributed by atoms with E-state index in [0.29, 0.717) is 6.42 Å². The second kappa shape index (κ2) is 5.92. The zero-order valence-corrected chi connectivity index (χ0v) is 13.4. The number of fused-ring (bicyclic) bond motifs is 1. The highest BCUT2D eigenvalue weighted by atomic mass is 32.2. The van der Waals surface area contributed by atoms with Crippen LogP contribution in [0.25, 0.3) is 0 Å². The fraction of sp³-hybridized carbons (Fsp3) is 0.294. The fourth-order valence-electron chi connectivity index (χ4n) is 2.80. The molecule has 3 nitrogen and oxygen atoms in total. The normalized spacial score (nSPS) is 17.4. The molecule has 0 amide bonds. The third kappa shape index (κ3) is 3.08. The van der Waals surface area contributed by atoms with Crippen LogP contribution in [0.1, 0.15) is 23.5 Å². The molecule has 0 bridgehead atoms. The molecule has 0 spiro atoms. The monoisotopic (exact) mass is 338 g/mol. The van der Waals surface area contributed by atoms with Gasteiger partial charge in [0, 0.05) is 11.5 Å². The van der Waals surface area contributed by atoms with Gasteiger partial charge in [-0.1, -0.05) is 17.7 Å². The van der Waals surface area contributed by atoms with Crippen molar-refractivity contribution < 1.29 is 21.9 Å². The van der Waals surface area contributed by atoms with E-state index in [1.807, 2.05) is 6.92 Å². The van der Waals surface area contributed by atoms with E-state index in [1.165, 1.54) is 12.1 Å². The van der Waals surface area contributed by atoms with Crippen LogP contribution in [0, 0.1) is 18.6 Å². The van der Waals surface area contributed by atoms with Crippen LogP contribution < -0.4 is 4.74 Å². The summed E-state index contributed by atoms with van der Waals surface area (Å²) in [5.74, 6) is -2.36. The SMILES string of the molecule is Cc1ccc(S(=O)(=O)CC2CCOc3c(F)ccc(F)c32)cc1. The third-order valence-corrected chi connectivity index (χ3v) is 5.85. The molecule has 0 aliphatic carbocycles. The Hall–Kier alpha value is -1.95. The van der Waals surface area contributed by atoms with E-state index in [1.54, 1.807) is 12.1 Å². The van der Waals surface area contributed by atoms with E-state index in [-0.39, 0.29) is 28.6 Å². The molecule has 0 N–H and O–H groups in total. The van der Waals surface area contributed by atoms with Gasteiger partial charge in [0.25, 0.3) is 0 Å². The highest BCUT2D eigenvalue weighted by molar-refractivity contribution is 7.91. The van der Waals surface area contributed by atoms with Crippen LogP contribution in [-0.4, -0.2) is 20.8 Å². The third-order valence-electron chi connectivity index (χ3n) is 4.02. The lowest BCUT2D eigenvalue weighted by molar-refractivity contribution is 0.254. The van der Waals surface area contributed by atoms with Crippen LogP contribution in [0.3, 0.4) is 0 Å². The summed E-state index contributed by atoms with van der Waals surface area (Å²) in [5.41, 5.74) is 0.973. The highest BCUT2D eigenvalue weighted by Crippen LogP contribution is 2.39. The summed E-state index contributed by atoms with van der Waals surface area (Å²) in [6.07, 6.45) is 0.332. The average Bonchev–Trinajstić information content (AvgIpc) is 2.51. The Morgan fingerprint density at radius 1 is 1.09 bits per heavy atom. The van der Waals surface area contributed by atoms with Crippen molar-refractivity contribution in [3.8, 4) is 5.75 Å². The number of aryl methyl sites for hydroxylation is 1. The molecule has 0 aromatic heterocycles. The summed E-state index contributed by atoms with van der Waals surface area (Å²) in [7, 11) is -3.59. The van der Waals surface area contributed by atoms with Gasteiger partial charge in [0.2, 0.25) is 0 Å². The van der Waals surface area contributed by atoms with E-state index in [2.05, 4.69) is 0 Å². The summed E-state index contributed by atoms with van der Waals surface area (Å²) < 4.78 is 58.2. The van der Waals surface area contributed by atoms with Gasteiger partial charge >= 0.3 is 0 Å². The molecule has 1 unspecified atom stereocenters. The molecule has 0 fully saturated rings. The van der Waals surface area contributed by atoms with Crippen molar-refractivity contribution in [1.82, 2.24) is 0 Å². The first-order chi connectivity index (χ1) is 10.9. The van der Waals surface area contributed by atoms with Crippen LogP contribution in [0.15, 0.2) is 41.3 Å². The van der Waals surface area contributed by atoms with E-state index in [0.717, 1.165) is 17.7 Å². The molecule has 0 radical (unpaired) electrons. The Morgan fingerprint density at radius 2 is 1.74 bits per heavy atom. The topological polar surface area (TPSA) is 43.4 Å². The average molecular weight is 338 g/mol. The minimum absolute atomic E-state index is 0.0203. The van der Waals surface area contributed by atoms with Crippen molar-refractivity contribution in [2.75, 3.05) is 12.4 Å². The molecule has 3 rings (SSSR count). The molecular formula is C17H16F2O3S. The van der Waals surface area contributed by atoms with Crippen LogP contribution >= 0.6 is 0 Å². The second-order valence-electron chi connectivity index (χ2n) is 5.70. The number of sulfone groups is 1. The Bertz CT molecular complexity index is 830. The van der Waals surface area contributed by atoms with Crippen molar-refractivity contribution in [1.29, 1.82) is 0 Å². The maximum absolute atomic E-state index is 14.1. The number of rotatable bonds is 3. The lowest BCUT2D eigenvalue weighted by Crippen LogP contribution is -2.23. The molecule has 1 aliphatic heterocycles.